The van der Waals surface area contributed by atoms with Crippen LogP contribution in [0.3, 0.4) is 0 Å². The number of halogens is 2. The van der Waals surface area contributed by atoms with Crippen molar-refractivity contribution in [3.05, 3.63) is 69.0 Å². The van der Waals surface area contributed by atoms with Crippen molar-refractivity contribution in [1.29, 1.82) is 5.26 Å². The summed E-state index contributed by atoms with van der Waals surface area (Å²) in [5.41, 5.74) is 4.81. The first-order chi connectivity index (χ1) is 16.4. The number of rotatable bonds is 4. The second kappa shape index (κ2) is 10.2. The Morgan fingerprint density at radius 3 is 2.77 bits per heavy atom. The van der Waals surface area contributed by atoms with Crippen molar-refractivity contribution in [2.45, 2.75) is 38.7 Å². The number of esters is 1. The fraction of sp³-hybridized carbons (Fsp3) is 0.462. The summed E-state index contributed by atoms with van der Waals surface area (Å²) in [5, 5.41) is 20.2. The van der Waals surface area contributed by atoms with Gasteiger partial charge in [-0.15, -0.1) is 12.4 Å². The second-order valence-corrected chi connectivity index (χ2v) is 9.38. The van der Waals surface area contributed by atoms with Crippen LogP contribution in [0.25, 0.3) is 0 Å². The van der Waals surface area contributed by atoms with Crippen molar-refractivity contribution in [2.24, 2.45) is 0 Å². The van der Waals surface area contributed by atoms with Crippen LogP contribution in [-0.2, 0) is 16.1 Å². The number of benzene rings is 2. The van der Waals surface area contributed by atoms with Gasteiger partial charge < -0.3 is 14.6 Å². The second-order valence-electron chi connectivity index (χ2n) is 9.38. The zero-order valence-electron chi connectivity index (χ0n) is 19.8. The van der Waals surface area contributed by atoms with Gasteiger partial charge in [-0.25, -0.2) is 9.18 Å². The van der Waals surface area contributed by atoms with E-state index in [2.05, 4.69) is 9.80 Å². The van der Waals surface area contributed by atoms with Gasteiger partial charge in [-0.3, -0.25) is 9.80 Å². The zero-order valence-corrected chi connectivity index (χ0v) is 20.6. The molecule has 2 aromatic carbocycles. The average Bonchev–Trinajstić information content (AvgIpc) is 3.21. The molecule has 2 aromatic rings. The number of ether oxygens (including phenoxy) is 2. The van der Waals surface area contributed by atoms with Crippen molar-refractivity contribution in [1.82, 2.24) is 9.80 Å². The minimum absolute atomic E-state index is 0. The van der Waals surface area contributed by atoms with Gasteiger partial charge in [0.2, 0.25) is 0 Å². The van der Waals surface area contributed by atoms with E-state index in [1.54, 1.807) is 19.1 Å². The largest absolute Gasteiger partial charge is 0.457 e. The topological polar surface area (TPSA) is 86.0 Å². The van der Waals surface area contributed by atoms with E-state index in [0.29, 0.717) is 30.8 Å². The van der Waals surface area contributed by atoms with Gasteiger partial charge in [0.15, 0.2) is 0 Å². The van der Waals surface area contributed by atoms with Crippen LogP contribution in [0.15, 0.2) is 24.3 Å². The van der Waals surface area contributed by atoms with Crippen LogP contribution in [0.4, 0.5) is 4.39 Å². The molecule has 3 aliphatic rings. The molecule has 0 spiro atoms. The Morgan fingerprint density at radius 1 is 1.20 bits per heavy atom. The number of aliphatic hydroxyl groups excluding tert-OH is 1. The lowest BCUT2D eigenvalue weighted by Gasteiger charge is -2.46. The van der Waals surface area contributed by atoms with E-state index in [4.69, 9.17) is 9.47 Å². The lowest BCUT2D eigenvalue weighted by Crippen LogP contribution is -2.58. The van der Waals surface area contributed by atoms with Crippen LogP contribution in [0, 0.1) is 31.0 Å². The number of nitrogens with zero attached hydrogens (tertiary/aromatic N) is 3. The molecule has 2 fully saturated rings. The van der Waals surface area contributed by atoms with Crippen LogP contribution in [-0.4, -0.2) is 66.2 Å². The van der Waals surface area contributed by atoms with Crippen LogP contribution >= 0.6 is 12.4 Å². The van der Waals surface area contributed by atoms with E-state index in [9.17, 15) is 19.6 Å². The van der Waals surface area contributed by atoms with Crippen LogP contribution in [0.5, 0.6) is 0 Å². The number of carbonyl (C=O) groups excluding carboxylic acids is 1. The summed E-state index contributed by atoms with van der Waals surface area (Å²) >= 11 is 0. The van der Waals surface area contributed by atoms with Gasteiger partial charge in [0.1, 0.15) is 18.5 Å². The maximum atomic E-state index is 13.9. The highest BCUT2D eigenvalue weighted by Crippen LogP contribution is 2.32. The third kappa shape index (κ3) is 4.67. The van der Waals surface area contributed by atoms with Gasteiger partial charge in [-0.05, 0) is 48.2 Å². The summed E-state index contributed by atoms with van der Waals surface area (Å²) in [4.78, 5) is 16.4. The quantitative estimate of drug-likeness (QED) is 0.644. The van der Waals surface area contributed by atoms with Crippen molar-refractivity contribution in [2.75, 3.05) is 39.3 Å². The summed E-state index contributed by atoms with van der Waals surface area (Å²) < 4.78 is 25.2. The molecule has 3 heterocycles. The highest BCUT2D eigenvalue weighted by Gasteiger charge is 2.36. The van der Waals surface area contributed by atoms with E-state index < -0.39 is 11.9 Å². The van der Waals surface area contributed by atoms with Gasteiger partial charge in [0, 0.05) is 44.3 Å². The van der Waals surface area contributed by atoms with Gasteiger partial charge in [-0.2, -0.15) is 5.26 Å². The molecule has 3 aliphatic heterocycles. The first-order valence-electron chi connectivity index (χ1n) is 11.6. The summed E-state index contributed by atoms with van der Waals surface area (Å²) in [7, 11) is 0. The third-order valence-electron chi connectivity index (χ3n) is 7.49. The van der Waals surface area contributed by atoms with Crippen molar-refractivity contribution in [3.8, 4) is 6.07 Å². The minimum Gasteiger partial charge on any atom is -0.457 e. The molecule has 0 aromatic heterocycles. The Balaban J connectivity index is 0.00000289. The molecule has 2 saturated heterocycles. The molecular weight excluding hydrogens is 473 g/mol. The Kier molecular flexibility index (Phi) is 7.46. The maximum Gasteiger partial charge on any atom is 0.338 e. The smallest absolute Gasteiger partial charge is 0.338 e. The number of cyclic esters (lactones) is 1. The molecule has 0 saturated carbocycles. The fourth-order valence-electron chi connectivity index (χ4n) is 5.45. The normalized spacial score (nSPS) is 23.0. The molecule has 0 unspecified atom stereocenters. The monoisotopic (exact) mass is 501 g/mol. The lowest BCUT2D eigenvalue weighted by molar-refractivity contribution is -0.0939. The Morgan fingerprint density at radius 2 is 2.00 bits per heavy atom. The SMILES string of the molecule is Cc1c([C@@H]2CN3CCN(C[C@H](O)c4ccc5c(c4C)COC5=O)C[C@@H]3CO2)ccc(F)c1C#N.Cl. The van der Waals surface area contributed by atoms with Gasteiger partial charge in [-0.1, -0.05) is 12.1 Å². The molecule has 5 rings (SSSR count). The standard InChI is InChI=1S/C26H28FN3O4.ClH/c1-15-18(3-4-20-22(15)14-34-26(20)32)24(31)11-29-7-8-30-12-25(33-13-17(30)10-29)19-5-6-23(27)21(9-28)16(19)2;/h3-6,17,24-25,31H,7-8,10-14H2,1-2H3;1H/t17-,24+,25+;/m1./s1. The number of aliphatic hydroxyl groups is 1. The molecule has 186 valence electrons. The number of morpholine rings is 1. The lowest BCUT2D eigenvalue weighted by atomic mass is 9.94. The van der Waals surface area contributed by atoms with Crippen LogP contribution < -0.4 is 0 Å². The Bertz CT molecular complexity index is 1180. The number of fused-ring (bicyclic) bond motifs is 2. The molecule has 9 heteroatoms. The summed E-state index contributed by atoms with van der Waals surface area (Å²) in [6, 6.07) is 8.81. The zero-order chi connectivity index (χ0) is 24.0. The maximum absolute atomic E-state index is 13.9. The van der Waals surface area contributed by atoms with Crippen LogP contribution in [0.1, 0.15) is 55.9 Å². The van der Waals surface area contributed by atoms with E-state index >= 15 is 0 Å². The van der Waals surface area contributed by atoms with Crippen molar-refractivity contribution < 1.29 is 23.8 Å². The van der Waals surface area contributed by atoms with E-state index in [1.165, 1.54) is 6.07 Å². The molecule has 35 heavy (non-hydrogen) atoms. The van der Waals surface area contributed by atoms with Crippen molar-refractivity contribution >= 4 is 18.4 Å². The number of hydrogen-bond donors (Lipinski definition) is 1. The highest BCUT2D eigenvalue weighted by atomic mass is 35.5. The average molecular weight is 502 g/mol. The number of piperazine rings is 1. The molecular formula is C26H29ClFN3O4. The minimum atomic E-state index is -0.656. The number of nitriles is 1. The third-order valence-corrected chi connectivity index (χ3v) is 7.49. The molecule has 0 bridgehead atoms. The predicted octanol–water partition coefficient (Wildman–Crippen LogP) is 3.20. The van der Waals surface area contributed by atoms with Gasteiger partial charge in [0.05, 0.1) is 29.9 Å². The van der Waals surface area contributed by atoms with Crippen molar-refractivity contribution in [3.63, 3.8) is 0 Å². The molecule has 7 nitrogen and oxygen atoms in total. The molecule has 0 amide bonds. The summed E-state index contributed by atoms with van der Waals surface area (Å²) in [6.07, 6.45) is -0.851. The first-order valence-corrected chi connectivity index (χ1v) is 11.6. The highest BCUT2D eigenvalue weighted by molar-refractivity contribution is 5.93. The molecule has 1 N–H and O–H groups in total. The Hall–Kier alpha value is -2.54. The molecule has 0 aliphatic carbocycles. The number of carbonyl (C=O) groups is 1. The summed E-state index contributed by atoms with van der Waals surface area (Å²) in [5.74, 6) is -0.798. The Labute approximate surface area is 210 Å². The molecule has 3 atom stereocenters. The summed E-state index contributed by atoms with van der Waals surface area (Å²) in [6.45, 7) is 8.14. The molecule has 0 radical (unpaired) electrons. The number of β-amino-alcohol motifs (C(OH)–C–C–N with tert-alkyl or cyclic N) is 1. The number of hydrogen-bond acceptors (Lipinski definition) is 7. The van der Waals surface area contributed by atoms with E-state index in [1.807, 2.05) is 19.1 Å². The predicted molar refractivity (Wildman–Crippen MR) is 129 cm³/mol. The van der Waals surface area contributed by atoms with Crippen LogP contribution in [0.2, 0.25) is 0 Å². The van der Waals surface area contributed by atoms with Gasteiger partial charge >= 0.3 is 5.97 Å². The van der Waals surface area contributed by atoms with Gasteiger partial charge in [0.25, 0.3) is 0 Å². The fourth-order valence-corrected chi connectivity index (χ4v) is 5.45. The van der Waals surface area contributed by atoms with E-state index in [0.717, 1.165) is 41.9 Å². The van der Waals surface area contributed by atoms with E-state index in [-0.39, 0.29) is 42.7 Å². The first kappa shape index (κ1) is 25.5.